The summed E-state index contributed by atoms with van der Waals surface area (Å²) in [7, 11) is 1.73. The number of amides is 1. The van der Waals surface area contributed by atoms with E-state index in [4.69, 9.17) is 9.47 Å². The van der Waals surface area contributed by atoms with Gasteiger partial charge in [0.15, 0.2) is 0 Å². The number of unbranched alkanes of at least 4 members (excludes halogenated alkanes) is 1. The molecule has 1 unspecified atom stereocenters. The summed E-state index contributed by atoms with van der Waals surface area (Å²) in [6.45, 7) is 4.06. The average molecular weight is 487 g/mol. The minimum atomic E-state index is -0.504. The summed E-state index contributed by atoms with van der Waals surface area (Å²) in [4.78, 5) is 28.3. The molecule has 1 N–H and O–H groups in total. The van der Waals surface area contributed by atoms with Crippen LogP contribution in [-0.2, 0) is 25.5 Å². The van der Waals surface area contributed by atoms with Gasteiger partial charge in [-0.1, -0.05) is 25.5 Å². The van der Waals surface area contributed by atoms with Gasteiger partial charge in [-0.25, -0.2) is 4.39 Å². The molecule has 192 valence electrons. The number of carbonyl (C=O) groups excluding carboxylic acids is 2. The molecule has 7 heteroatoms. The molecule has 2 fully saturated rings. The highest BCUT2D eigenvalue weighted by atomic mass is 19.1. The van der Waals surface area contributed by atoms with Crippen molar-refractivity contribution in [3.05, 3.63) is 41.2 Å². The quantitative estimate of drug-likeness (QED) is 0.270. The van der Waals surface area contributed by atoms with Crippen molar-refractivity contribution in [3.63, 3.8) is 0 Å². The van der Waals surface area contributed by atoms with Crippen molar-refractivity contribution in [2.24, 2.45) is 5.41 Å². The minimum absolute atomic E-state index is 0.159. The van der Waals surface area contributed by atoms with E-state index < -0.39 is 11.2 Å². The van der Waals surface area contributed by atoms with Crippen LogP contribution >= 0.6 is 0 Å². The maximum atomic E-state index is 14.8. The second-order valence-corrected chi connectivity index (χ2v) is 10.3. The van der Waals surface area contributed by atoms with Crippen LogP contribution in [-0.4, -0.2) is 55.7 Å². The topological polar surface area (TPSA) is 67.9 Å². The Morgan fingerprint density at radius 1 is 1.26 bits per heavy atom. The summed E-state index contributed by atoms with van der Waals surface area (Å²) < 4.78 is 25.7. The number of nitrogens with one attached hydrogen (secondary N) is 1. The molecule has 2 aliphatic carbocycles. The fourth-order valence-corrected chi connectivity index (χ4v) is 5.32. The predicted octanol–water partition coefficient (Wildman–Crippen LogP) is 5.02. The number of piperidine rings is 1. The monoisotopic (exact) mass is 486 g/mol. The zero-order valence-electron chi connectivity index (χ0n) is 21.1. The molecule has 0 aromatic heterocycles. The third kappa shape index (κ3) is 6.31. The first-order valence-corrected chi connectivity index (χ1v) is 13.2. The lowest BCUT2D eigenvalue weighted by Gasteiger charge is -2.37. The molecule has 6 nitrogen and oxygen atoms in total. The molecule has 1 amide bonds. The molecule has 1 aliphatic heterocycles. The lowest BCUT2D eigenvalue weighted by molar-refractivity contribution is -0.150. The number of benzene rings is 1. The fourth-order valence-electron chi connectivity index (χ4n) is 5.32. The van der Waals surface area contributed by atoms with Crippen LogP contribution in [0.1, 0.15) is 70.3 Å². The summed E-state index contributed by atoms with van der Waals surface area (Å²) >= 11 is 0. The van der Waals surface area contributed by atoms with Crippen LogP contribution in [0, 0.1) is 11.2 Å². The zero-order valence-corrected chi connectivity index (χ0v) is 21.1. The van der Waals surface area contributed by atoms with Gasteiger partial charge < -0.3 is 14.8 Å². The van der Waals surface area contributed by atoms with Crippen LogP contribution in [0.3, 0.4) is 0 Å². The van der Waals surface area contributed by atoms with E-state index in [0.717, 1.165) is 82.0 Å². The third-order valence-electron chi connectivity index (χ3n) is 7.70. The Labute approximate surface area is 208 Å². The van der Waals surface area contributed by atoms with Crippen molar-refractivity contribution in [3.8, 4) is 0 Å². The van der Waals surface area contributed by atoms with Crippen LogP contribution in [0.2, 0.25) is 0 Å². The number of methoxy groups -OCH3 is 1. The first-order chi connectivity index (χ1) is 17.0. The number of hydrogen-bond donors (Lipinski definition) is 1. The molecule has 1 saturated heterocycles. The molecule has 1 aromatic carbocycles. The molecular weight excluding hydrogens is 447 g/mol. The van der Waals surface area contributed by atoms with E-state index in [-0.39, 0.29) is 29.7 Å². The second-order valence-electron chi connectivity index (χ2n) is 10.3. The van der Waals surface area contributed by atoms with Gasteiger partial charge in [-0.15, -0.1) is 0 Å². The van der Waals surface area contributed by atoms with Crippen molar-refractivity contribution in [2.75, 3.05) is 32.1 Å². The van der Waals surface area contributed by atoms with Crippen LogP contribution in [0.25, 0.3) is 0 Å². The Balaban J connectivity index is 1.45. The fraction of sp³-hybridized carbons (Fsp3) is 0.643. The van der Waals surface area contributed by atoms with Crippen LogP contribution < -0.4 is 5.32 Å². The first kappa shape index (κ1) is 25.8. The van der Waals surface area contributed by atoms with Gasteiger partial charge >= 0.3 is 5.97 Å². The third-order valence-corrected chi connectivity index (χ3v) is 7.70. The van der Waals surface area contributed by atoms with E-state index in [2.05, 4.69) is 23.2 Å². The number of halogens is 1. The molecule has 4 rings (SSSR count). The lowest BCUT2D eigenvalue weighted by atomic mass is 9.96. The van der Waals surface area contributed by atoms with Gasteiger partial charge in [0.05, 0.1) is 23.8 Å². The van der Waals surface area contributed by atoms with Crippen molar-refractivity contribution >= 4 is 17.6 Å². The smallest absolute Gasteiger partial charge is 0.312 e. The van der Waals surface area contributed by atoms with Crippen molar-refractivity contribution in [1.29, 1.82) is 0 Å². The van der Waals surface area contributed by atoms with Crippen molar-refractivity contribution in [2.45, 2.75) is 83.3 Å². The van der Waals surface area contributed by atoms with Gasteiger partial charge in [0.25, 0.3) is 0 Å². The van der Waals surface area contributed by atoms with Gasteiger partial charge in [0.2, 0.25) is 5.91 Å². The summed E-state index contributed by atoms with van der Waals surface area (Å²) in [5.41, 5.74) is 1.64. The van der Waals surface area contributed by atoms with E-state index in [1.54, 1.807) is 19.2 Å². The Morgan fingerprint density at radius 2 is 2.03 bits per heavy atom. The van der Waals surface area contributed by atoms with Crippen molar-refractivity contribution in [1.82, 2.24) is 4.90 Å². The number of ether oxygens (including phenoxy) is 2. The first-order valence-electron chi connectivity index (χ1n) is 13.2. The van der Waals surface area contributed by atoms with Gasteiger partial charge in [0.1, 0.15) is 11.9 Å². The summed E-state index contributed by atoms with van der Waals surface area (Å²) in [5, 5.41) is 2.88. The molecule has 1 saturated carbocycles. The highest BCUT2D eigenvalue weighted by Crippen LogP contribution is 2.49. The standard InChI is InChI=1S/C28H39FN2O4/c1-3-4-17-35-27(33)28(13-14-28)19-20-9-10-23(29)24(18-20)30-26(32)25(21-7-5-6-8-21)31-15-11-22(34-2)12-16-31/h7,9-10,18,22,25H,3-6,8,11-17,19H2,1-2H3,(H,30,32). The molecule has 0 radical (unpaired) electrons. The molecule has 0 bridgehead atoms. The van der Waals surface area contributed by atoms with Gasteiger partial charge in [-0.3, -0.25) is 14.5 Å². The number of likely N-dealkylation sites (tertiary alicyclic amines) is 1. The van der Waals surface area contributed by atoms with Crippen LogP contribution in [0.15, 0.2) is 29.8 Å². The van der Waals surface area contributed by atoms with E-state index in [1.165, 1.54) is 6.07 Å². The minimum Gasteiger partial charge on any atom is -0.465 e. The Bertz CT molecular complexity index is 935. The van der Waals surface area contributed by atoms with E-state index in [0.29, 0.717) is 13.0 Å². The largest absolute Gasteiger partial charge is 0.465 e. The predicted molar refractivity (Wildman–Crippen MR) is 134 cm³/mol. The molecule has 1 atom stereocenters. The maximum Gasteiger partial charge on any atom is 0.312 e. The number of hydrogen-bond acceptors (Lipinski definition) is 5. The van der Waals surface area contributed by atoms with E-state index >= 15 is 0 Å². The summed E-state index contributed by atoms with van der Waals surface area (Å²) in [5.74, 6) is -0.812. The number of allylic oxidation sites excluding steroid dienone is 1. The maximum absolute atomic E-state index is 14.8. The van der Waals surface area contributed by atoms with Crippen LogP contribution in [0.4, 0.5) is 10.1 Å². The Hall–Kier alpha value is -2.25. The SMILES string of the molecule is CCCCOC(=O)C1(Cc2ccc(F)c(NC(=O)C(C3=CCCC3)N3CCC(OC)CC3)c2)CC1. The molecule has 1 aromatic rings. The summed E-state index contributed by atoms with van der Waals surface area (Å²) in [6.07, 6.45) is 11.0. The highest BCUT2D eigenvalue weighted by Gasteiger charge is 2.51. The van der Waals surface area contributed by atoms with Gasteiger partial charge in [0, 0.05) is 20.2 Å². The van der Waals surface area contributed by atoms with Gasteiger partial charge in [-0.2, -0.15) is 0 Å². The average Bonchev–Trinajstić information content (AvgIpc) is 3.45. The molecule has 35 heavy (non-hydrogen) atoms. The molecule has 3 aliphatic rings. The number of esters is 1. The van der Waals surface area contributed by atoms with Crippen molar-refractivity contribution < 1.29 is 23.5 Å². The molecule has 1 heterocycles. The Kier molecular flexibility index (Phi) is 8.60. The summed E-state index contributed by atoms with van der Waals surface area (Å²) in [6, 6.07) is 4.39. The van der Waals surface area contributed by atoms with Gasteiger partial charge in [-0.05, 0) is 81.1 Å². The highest BCUT2D eigenvalue weighted by molar-refractivity contribution is 5.97. The zero-order chi connectivity index (χ0) is 24.8. The normalized spacial score (nSPS) is 20.8. The number of nitrogens with zero attached hydrogens (tertiary/aromatic N) is 1. The Morgan fingerprint density at radius 3 is 2.66 bits per heavy atom. The van der Waals surface area contributed by atoms with E-state index in [9.17, 15) is 14.0 Å². The second kappa shape index (κ2) is 11.7. The van der Waals surface area contributed by atoms with Crippen LogP contribution in [0.5, 0.6) is 0 Å². The number of rotatable bonds is 11. The molecular formula is C28H39FN2O4. The number of carbonyl (C=O) groups is 2. The molecule has 0 spiro atoms. The lowest BCUT2D eigenvalue weighted by Crippen LogP contribution is -2.49. The van der Waals surface area contributed by atoms with E-state index in [1.807, 2.05) is 0 Å². The number of anilines is 1.